The molecule has 8 aromatic rings. The van der Waals surface area contributed by atoms with E-state index in [1.807, 2.05) is 68.1 Å². The molecule has 7 aliphatic rings. The highest BCUT2D eigenvalue weighted by molar-refractivity contribution is 7.88. The van der Waals surface area contributed by atoms with Crippen molar-refractivity contribution in [2.24, 2.45) is 5.41 Å². The molecule has 0 spiro atoms. The third-order valence-corrected chi connectivity index (χ3v) is 25.3. The van der Waals surface area contributed by atoms with Crippen LogP contribution in [0.5, 0.6) is 0 Å². The smallest absolute Gasteiger partial charge is 0.225 e. The zero-order valence-electron chi connectivity index (χ0n) is 53.8. The number of benzene rings is 4. The maximum atomic E-state index is 12.2. The minimum absolute atomic E-state index is 0.0653. The summed E-state index contributed by atoms with van der Waals surface area (Å²) in [5.74, 6) is 0.561. The molecule has 2 aliphatic carbocycles. The molecule has 15 rings (SSSR count). The SMILES string of the molecule is CNC(=O)C1(C)CCN(c2cc(Cl)cc3[nH]ncc23)CC1.CS(=O)(=O)N1CCC(c2cc(N3CCCC3)cc3[nH]ccc23)CC1.CS(=O)(=O)N1CCN(c2cc(Cl)cc3[nH]ccc23)C2CCCCC21.CS(=O)(=O)N1CCN(c2cc(Cl)cc3[nH]ccc23)C2CCCCC21. The Hall–Kier alpha value is -5.76. The number of fused-ring (bicyclic) bond motifs is 6. The van der Waals surface area contributed by atoms with Crippen molar-refractivity contribution in [2.75, 3.05) is 111 Å². The standard InChI is InChI=1S/C18H25N3O2S.2C17H22ClN3O2S.C15H19ClN4O/c1-24(22,23)21-10-5-14(6-11-21)17-12-15(20-8-2-3-9-20)13-18-16(17)4-7-19-18;2*1-24(22,23)21-9-8-20(15-4-2-3-5-16(15)21)17-11-12(18)10-14-13(17)6-7-19-14;1-15(14(21)17-2)3-5-20(6-4-15)13-8-10(16)7-12-11(13)9-18-19-12/h4,7,12-14,19H,2-3,5-6,8-11H2,1H3;2*6-7,10-11,15-16,19H,2-5,8-9H2,1H3;7-9H,3-6H2,1-2H3,(H,17,21)(H,18,19). The molecule has 4 aromatic carbocycles. The second kappa shape index (κ2) is 27.8. The third kappa shape index (κ3) is 14.5. The van der Waals surface area contributed by atoms with Crippen LogP contribution in [0.15, 0.2) is 91.5 Å². The van der Waals surface area contributed by atoms with Crippen LogP contribution in [0.2, 0.25) is 15.1 Å². The van der Waals surface area contributed by atoms with Gasteiger partial charge in [-0.1, -0.05) is 67.4 Å². The highest BCUT2D eigenvalue weighted by Crippen LogP contribution is 2.43. The number of H-pyrrole nitrogens is 4. The Kier molecular flexibility index (Phi) is 20.1. The van der Waals surface area contributed by atoms with Gasteiger partial charge < -0.3 is 39.9 Å². The van der Waals surface area contributed by atoms with E-state index < -0.39 is 30.1 Å². The highest BCUT2D eigenvalue weighted by Gasteiger charge is 2.44. The van der Waals surface area contributed by atoms with Gasteiger partial charge in [0.15, 0.2) is 0 Å². The van der Waals surface area contributed by atoms with Gasteiger partial charge in [-0.15, -0.1) is 0 Å². The molecule has 20 nitrogen and oxygen atoms in total. The number of piperazine rings is 2. The van der Waals surface area contributed by atoms with E-state index in [-0.39, 0.29) is 35.5 Å². The molecule has 2 saturated carbocycles. The summed E-state index contributed by atoms with van der Waals surface area (Å²) in [6, 6.07) is 23.2. The summed E-state index contributed by atoms with van der Waals surface area (Å²) in [4.78, 5) is 31.3. The highest BCUT2D eigenvalue weighted by atomic mass is 35.5. The average Bonchev–Trinajstić information content (AvgIpc) is 1.68. The van der Waals surface area contributed by atoms with Crippen LogP contribution in [0, 0.1) is 5.41 Å². The number of anilines is 4. The van der Waals surface area contributed by atoms with Gasteiger partial charge in [0.2, 0.25) is 36.0 Å². The Morgan fingerprint density at radius 2 is 0.968 bits per heavy atom. The Balaban J connectivity index is 0.000000119. The van der Waals surface area contributed by atoms with Crippen molar-refractivity contribution in [3.8, 4) is 0 Å². The normalized spacial score (nSPS) is 22.8. The zero-order chi connectivity index (χ0) is 65.6. The maximum absolute atomic E-state index is 12.2. The van der Waals surface area contributed by atoms with E-state index in [0.29, 0.717) is 60.3 Å². The second-order valence-electron chi connectivity index (χ2n) is 26.7. The van der Waals surface area contributed by atoms with Crippen molar-refractivity contribution in [1.82, 2.24) is 43.4 Å². The molecule has 4 aromatic heterocycles. The maximum Gasteiger partial charge on any atom is 0.225 e. The number of aromatic nitrogens is 5. The molecular weight excluding hydrogens is 1300 g/mol. The lowest BCUT2D eigenvalue weighted by Gasteiger charge is -2.50. The number of amides is 1. The number of carbonyl (C=O) groups excluding carboxylic acids is 1. The minimum atomic E-state index is -3.17. The molecule has 1 amide bonds. The molecule has 0 radical (unpaired) electrons. The van der Waals surface area contributed by atoms with Crippen LogP contribution in [0.4, 0.5) is 22.7 Å². The molecule has 5 N–H and O–H groups in total. The number of rotatable bonds is 9. The number of hydrogen-bond donors (Lipinski definition) is 5. The van der Waals surface area contributed by atoms with Crippen LogP contribution in [-0.4, -0.2) is 185 Å². The van der Waals surface area contributed by atoms with Crippen LogP contribution in [0.1, 0.15) is 108 Å². The Labute approximate surface area is 562 Å². The van der Waals surface area contributed by atoms with Crippen molar-refractivity contribution in [2.45, 2.75) is 127 Å². The number of carbonyl (C=O) groups is 1. The number of piperidine rings is 2. The summed E-state index contributed by atoms with van der Waals surface area (Å²) < 4.78 is 77.3. The summed E-state index contributed by atoms with van der Waals surface area (Å²) in [7, 11) is -7.70. The lowest BCUT2D eigenvalue weighted by atomic mass is 9.79. The van der Waals surface area contributed by atoms with E-state index in [2.05, 4.69) is 80.4 Å². The molecule has 502 valence electrons. The fourth-order valence-corrected chi connectivity index (χ4v) is 19.8. The van der Waals surface area contributed by atoms with Gasteiger partial charge in [-0.25, -0.2) is 29.6 Å². The lowest BCUT2D eigenvalue weighted by molar-refractivity contribution is -0.130. The first-order valence-electron chi connectivity index (χ1n) is 32.9. The number of nitrogens with zero attached hydrogens (tertiary/aromatic N) is 8. The van der Waals surface area contributed by atoms with E-state index >= 15 is 0 Å². The summed E-state index contributed by atoms with van der Waals surface area (Å²) in [6.45, 7) is 9.73. The summed E-state index contributed by atoms with van der Waals surface area (Å²) in [5.41, 5.74) is 9.91. The lowest BCUT2D eigenvalue weighted by Crippen LogP contribution is -2.62. The molecular formula is C67H88Cl3N13O7S3. The quantitative estimate of drug-likeness (QED) is 0.0909. The van der Waals surface area contributed by atoms with Gasteiger partial charge in [-0.3, -0.25) is 9.89 Å². The summed E-state index contributed by atoms with van der Waals surface area (Å²) in [6.07, 6.45) is 26.1. The molecule has 4 atom stereocenters. The molecule has 26 heteroatoms. The molecule has 5 saturated heterocycles. The molecule has 7 fully saturated rings. The van der Waals surface area contributed by atoms with Gasteiger partial charge in [0, 0.05) is 197 Å². The van der Waals surface area contributed by atoms with Crippen molar-refractivity contribution in [1.29, 1.82) is 0 Å². The monoisotopic (exact) mass is 1390 g/mol. The molecule has 9 heterocycles. The van der Waals surface area contributed by atoms with Crippen LogP contribution in [-0.2, 0) is 34.9 Å². The molecule has 4 unspecified atom stereocenters. The van der Waals surface area contributed by atoms with Gasteiger partial charge in [-0.05, 0) is 142 Å². The van der Waals surface area contributed by atoms with Gasteiger partial charge >= 0.3 is 0 Å². The number of halogens is 3. The molecule has 93 heavy (non-hydrogen) atoms. The average molecular weight is 1390 g/mol. The fourth-order valence-electron chi connectivity index (χ4n) is 16.0. The second-order valence-corrected chi connectivity index (χ2v) is 33.8. The first-order valence-corrected chi connectivity index (χ1v) is 39.5. The number of hydrogen-bond acceptors (Lipinski definition) is 12. The van der Waals surface area contributed by atoms with Crippen LogP contribution < -0.4 is 24.9 Å². The fraction of sp³-hybridized carbons (Fsp3) is 0.522. The molecule has 0 bridgehead atoms. The first-order chi connectivity index (χ1) is 44.4. The van der Waals surface area contributed by atoms with Gasteiger partial charge in [-0.2, -0.15) is 13.7 Å². The first kappa shape index (κ1) is 67.2. The van der Waals surface area contributed by atoms with Crippen molar-refractivity contribution in [3.63, 3.8) is 0 Å². The number of sulfonamides is 3. The minimum Gasteiger partial charge on any atom is -0.371 e. The van der Waals surface area contributed by atoms with Gasteiger partial charge in [0.1, 0.15) is 0 Å². The van der Waals surface area contributed by atoms with E-state index in [9.17, 15) is 30.0 Å². The van der Waals surface area contributed by atoms with E-state index in [0.717, 1.165) is 153 Å². The van der Waals surface area contributed by atoms with E-state index in [1.54, 1.807) is 20.0 Å². The summed E-state index contributed by atoms with van der Waals surface area (Å²) in [5, 5.41) is 16.6. The largest absolute Gasteiger partial charge is 0.371 e. The van der Waals surface area contributed by atoms with E-state index in [1.165, 1.54) is 53.8 Å². The topological polar surface area (TPSA) is 230 Å². The Morgan fingerprint density at radius 1 is 0.505 bits per heavy atom. The van der Waals surface area contributed by atoms with Gasteiger partial charge in [0.05, 0.1) is 30.5 Å². The molecule has 5 aliphatic heterocycles. The van der Waals surface area contributed by atoms with E-state index in [4.69, 9.17) is 34.8 Å². The number of aromatic amines is 4. The van der Waals surface area contributed by atoms with Gasteiger partial charge in [0.25, 0.3) is 0 Å². The number of nitrogens with one attached hydrogen (secondary N) is 5. The van der Waals surface area contributed by atoms with Crippen LogP contribution in [0.25, 0.3) is 43.6 Å². The predicted octanol–water partition coefficient (Wildman–Crippen LogP) is 11.9. The summed E-state index contributed by atoms with van der Waals surface area (Å²) >= 11 is 18.8. The van der Waals surface area contributed by atoms with Crippen molar-refractivity contribution in [3.05, 3.63) is 112 Å². The Bertz CT molecular complexity index is 4180. The Morgan fingerprint density at radius 3 is 1.45 bits per heavy atom. The predicted molar refractivity (Wildman–Crippen MR) is 379 cm³/mol. The van der Waals surface area contributed by atoms with Crippen LogP contribution in [0.3, 0.4) is 0 Å². The van der Waals surface area contributed by atoms with Crippen LogP contribution >= 0.6 is 34.8 Å². The van der Waals surface area contributed by atoms with Crippen molar-refractivity contribution < 1.29 is 30.0 Å². The van der Waals surface area contributed by atoms with Crippen molar-refractivity contribution >= 4 is 137 Å². The zero-order valence-corrected chi connectivity index (χ0v) is 58.5. The third-order valence-electron chi connectivity index (χ3n) is 20.7.